The molecule has 3 aliphatic rings. The van der Waals surface area contributed by atoms with Gasteiger partial charge in [0.1, 0.15) is 12.1 Å². The first kappa shape index (κ1) is 22.4. The second-order valence-electron chi connectivity index (χ2n) is 9.36. The molecule has 174 valence electrons. The van der Waals surface area contributed by atoms with Gasteiger partial charge in [-0.05, 0) is 36.5 Å². The maximum atomic E-state index is 13.1. The van der Waals surface area contributed by atoms with E-state index < -0.39 is 11.6 Å². The fraction of sp³-hybridized carbons (Fsp3) is 0.625. The summed E-state index contributed by atoms with van der Waals surface area (Å²) in [5.74, 6) is 0.846. The van der Waals surface area contributed by atoms with Crippen molar-refractivity contribution in [2.45, 2.75) is 70.4 Å². The number of amides is 4. The van der Waals surface area contributed by atoms with E-state index in [1.54, 1.807) is 0 Å². The molecular weight excluding hydrogens is 410 g/mol. The van der Waals surface area contributed by atoms with Crippen LogP contribution in [0.5, 0.6) is 11.5 Å². The maximum absolute atomic E-state index is 13.1. The molecule has 0 radical (unpaired) electrons. The normalized spacial score (nSPS) is 21.2. The van der Waals surface area contributed by atoms with Crippen LogP contribution in [0.1, 0.15) is 70.4 Å². The van der Waals surface area contributed by atoms with E-state index in [1.165, 1.54) is 0 Å². The fourth-order valence-corrected chi connectivity index (χ4v) is 4.86. The first-order chi connectivity index (χ1) is 15.4. The number of carbonyl (C=O) groups is 3. The van der Waals surface area contributed by atoms with Gasteiger partial charge in [0, 0.05) is 6.42 Å². The SMILES string of the molecule is CC(C)[C@@H](NC(=O)CN1C(=O)NC2(CCCCCC2)C1=O)c1ccc2c(c1)OCCCO2. The summed E-state index contributed by atoms with van der Waals surface area (Å²) in [4.78, 5) is 39.7. The minimum absolute atomic E-state index is 0.0972. The largest absolute Gasteiger partial charge is 0.490 e. The number of nitrogens with zero attached hydrogens (tertiary/aromatic N) is 1. The first-order valence-corrected chi connectivity index (χ1v) is 11.7. The Morgan fingerprint density at radius 2 is 1.75 bits per heavy atom. The predicted molar refractivity (Wildman–Crippen MR) is 118 cm³/mol. The molecule has 0 bridgehead atoms. The van der Waals surface area contributed by atoms with Gasteiger partial charge in [0.25, 0.3) is 5.91 Å². The van der Waals surface area contributed by atoms with Gasteiger partial charge in [0.2, 0.25) is 5.91 Å². The molecule has 1 aromatic carbocycles. The number of benzene rings is 1. The predicted octanol–water partition coefficient (Wildman–Crippen LogP) is 3.31. The van der Waals surface area contributed by atoms with E-state index in [1.807, 2.05) is 32.0 Å². The van der Waals surface area contributed by atoms with Crippen LogP contribution in [0.4, 0.5) is 4.79 Å². The number of hydrogen-bond donors (Lipinski definition) is 2. The Morgan fingerprint density at radius 1 is 1.06 bits per heavy atom. The van der Waals surface area contributed by atoms with Crippen molar-refractivity contribution in [1.29, 1.82) is 0 Å². The first-order valence-electron chi connectivity index (χ1n) is 11.7. The van der Waals surface area contributed by atoms with Crippen molar-refractivity contribution in [2.24, 2.45) is 5.92 Å². The average Bonchev–Trinajstić information content (AvgIpc) is 3.04. The zero-order valence-electron chi connectivity index (χ0n) is 18.9. The van der Waals surface area contributed by atoms with Crippen LogP contribution in [-0.4, -0.2) is 48.0 Å². The van der Waals surface area contributed by atoms with Crippen LogP contribution in [-0.2, 0) is 9.59 Å². The molecule has 2 aliphatic heterocycles. The molecule has 4 amide bonds. The van der Waals surface area contributed by atoms with Gasteiger partial charge in [-0.1, -0.05) is 45.6 Å². The molecule has 4 rings (SSSR count). The molecular formula is C24H33N3O5. The zero-order valence-corrected chi connectivity index (χ0v) is 18.9. The van der Waals surface area contributed by atoms with E-state index in [4.69, 9.17) is 9.47 Å². The van der Waals surface area contributed by atoms with Crippen LogP contribution < -0.4 is 20.1 Å². The van der Waals surface area contributed by atoms with Crippen molar-refractivity contribution in [3.8, 4) is 11.5 Å². The maximum Gasteiger partial charge on any atom is 0.325 e. The molecule has 8 nitrogen and oxygen atoms in total. The van der Waals surface area contributed by atoms with Crippen LogP contribution in [0, 0.1) is 5.92 Å². The lowest BCUT2D eigenvalue weighted by Crippen LogP contribution is -2.47. The number of imide groups is 1. The molecule has 32 heavy (non-hydrogen) atoms. The summed E-state index contributed by atoms with van der Waals surface area (Å²) in [5, 5.41) is 5.91. The fourth-order valence-electron chi connectivity index (χ4n) is 4.86. The number of urea groups is 1. The minimum Gasteiger partial charge on any atom is -0.490 e. The van der Waals surface area contributed by atoms with Gasteiger partial charge in [0.05, 0.1) is 19.3 Å². The summed E-state index contributed by atoms with van der Waals surface area (Å²) in [6.45, 7) is 4.96. The molecule has 1 saturated heterocycles. The van der Waals surface area contributed by atoms with Gasteiger partial charge in [-0.25, -0.2) is 4.79 Å². The molecule has 1 saturated carbocycles. The summed E-state index contributed by atoms with van der Waals surface area (Å²) in [6, 6.07) is 4.94. The summed E-state index contributed by atoms with van der Waals surface area (Å²) in [5.41, 5.74) is 0.0645. The monoisotopic (exact) mass is 443 g/mol. The van der Waals surface area contributed by atoms with E-state index >= 15 is 0 Å². The van der Waals surface area contributed by atoms with E-state index in [0.29, 0.717) is 37.6 Å². The lowest BCUT2D eigenvalue weighted by atomic mass is 9.90. The smallest absolute Gasteiger partial charge is 0.325 e. The highest BCUT2D eigenvalue weighted by atomic mass is 16.5. The van der Waals surface area contributed by atoms with Crippen molar-refractivity contribution in [2.75, 3.05) is 19.8 Å². The Hall–Kier alpha value is -2.77. The molecule has 0 unspecified atom stereocenters. The standard InChI is InChI=1S/C24H33N3O5/c1-16(2)21(17-8-9-18-19(14-17)32-13-7-12-31-18)25-20(28)15-27-22(29)24(26-23(27)30)10-5-3-4-6-11-24/h8-9,14,16,21H,3-7,10-13,15H2,1-2H3,(H,25,28)(H,26,30)/t21-/m1/s1. The highest BCUT2D eigenvalue weighted by Crippen LogP contribution is 2.35. The highest BCUT2D eigenvalue weighted by Gasteiger charge is 2.51. The Balaban J connectivity index is 1.45. The number of nitrogens with one attached hydrogen (secondary N) is 2. The van der Waals surface area contributed by atoms with Crippen LogP contribution in [0.25, 0.3) is 0 Å². The number of fused-ring (bicyclic) bond motifs is 1. The van der Waals surface area contributed by atoms with Crippen molar-refractivity contribution < 1.29 is 23.9 Å². The van der Waals surface area contributed by atoms with Gasteiger partial charge >= 0.3 is 6.03 Å². The van der Waals surface area contributed by atoms with Crippen LogP contribution in [0.15, 0.2) is 18.2 Å². The average molecular weight is 444 g/mol. The molecule has 0 aromatic heterocycles. The topological polar surface area (TPSA) is 97.0 Å². The van der Waals surface area contributed by atoms with Gasteiger partial charge in [-0.3, -0.25) is 14.5 Å². The molecule has 2 fully saturated rings. The molecule has 2 heterocycles. The van der Waals surface area contributed by atoms with Crippen LogP contribution in [0.2, 0.25) is 0 Å². The van der Waals surface area contributed by atoms with Crippen molar-refractivity contribution in [1.82, 2.24) is 15.5 Å². The second-order valence-corrected chi connectivity index (χ2v) is 9.36. The third-order valence-electron chi connectivity index (χ3n) is 6.62. The van der Waals surface area contributed by atoms with Gasteiger partial charge in [-0.2, -0.15) is 0 Å². The zero-order chi connectivity index (χ0) is 22.7. The van der Waals surface area contributed by atoms with E-state index in [0.717, 1.165) is 42.6 Å². The third kappa shape index (κ3) is 4.54. The number of carbonyl (C=O) groups excluding carboxylic acids is 3. The Kier molecular flexibility index (Phi) is 6.58. The molecule has 2 N–H and O–H groups in total. The molecule has 1 aromatic rings. The minimum atomic E-state index is -0.834. The Bertz CT molecular complexity index is 876. The lowest BCUT2D eigenvalue weighted by molar-refractivity contribution is -0.135. The summed E-state index contributed by atoms with van der Waals surface area (Å²) in [7, 11) is 0. The van der Waals surface area contributed by atoms with Crippen molar-refractivity contribution in [3.05, 3.63) is 23.8 Å². The molecule has 1 aliphatic carbocycles. The van der Waals surface area contributed by atoms with E-state index in [2.05, 4.69) is 10.6 Å². The van der Waals surface area contributed by atoms with Gasteiger partial charge in [0.15, 0.2) is 11.5 Å². The van der Waals surface area contributed by atoms with Crippen LogP contribution in [0.3, 0.4) is 0 Å². The van der Waals surface area contributed by atoms with Crippen LogP contribution >= 0.6 is 0 Å². The number of rotatable bonds is 5. The van der Waals surface area contributed by atoms with Crippen molar-refractivity contribution in [3.63, 3.8) is 0 Å². The number of ether oxygens (including phenoxy) is 2. The quantitative estimate of drug-likeness (QED) is 0.681. The van der Waals surface area contributed by atoms with Gasteiger partial charge < -0.3 is 20.1 Å². The van der Waals surface area contributed by atoms with Crippen molar-refractivity contribution >= 4 is 17.8 Å². The molecule has 1 atom stereocenters. The Morgan fingerprint density at radius 3 is 2.44 bits per heavy atom. The third-order valence-corrected chi connectivity index (χ3v) is 6.62. The van der Waals surface area contributed by atoms with E-state index in [9.17, 15) is 14.4 Å². The molecule has 8 heteroatoms. The summed E-state index contributed by atoms with van der Waals surface area (Å²) < 4.78 is 11.5. The lowest BCUT2D eigenvalue weighted by Gasteiger charge is -2.26. The molecule has 1 spiro atoms. The van der Waals surface area contributed by atoms with E-state index in [-0.39, 0.29) is 30.3 Å². The van der Waals surface area contributed by atoms with Gasteiger partial charge in [-0.15, -0.1) is 0 Å². The summed E-state index contributed by atoms with van der Waals surface area (Å²) in [6.07, 6.45) is 6.05. The number of hydrogen-bond acceptors (Lipinski definition) is 5. The summed E-state index contributed by atoms with van der Waals surface area (Å²) >= 11 is 0. The highest BCUT2D eigenvalue weighted by molar-refractivity contribution is 6.09. The Labute approximate surface area is 189 Å². The second kappa shape index (κ2) is 9.38.